The Morgan fingerprint density at radius 2 is 1.94 bits per heavy atom. The van der Waals surface area contributed by atoms with E-state index in [2.05, 4.69) is 15.3 Å². The van der Waals surface area contributed by atoms with Gasteiger partial charge in [-0.3, -0.25) is 9.78 Å². The van der Waals surface area contributed by atoms with E-state index in [4.69, 9.17) is 5.73 Å². The van der Waals surface area contributed by atoms with Crippen molar-refractivity contribution in [2.24, 2.45) is 11.7 Å². The Hall–Kier alpha value is -2.38. The molecule has 2 aliphatic rings. The van der Waals surface area contributed by atoms with Gasteiger partial charge in [-0.15, -0.1) is 0 Å². The number of hydrogen-bond acceptors (Lipinski definition) is 5. The molecule has 2 heterocycles. The maximum absolute atomic E-state index is 14.4. The average molecular weight is 427 g/mol. The number of nitrogens with zero attached hydrogens (tertiary/aromatic N) is 2. The minimum Gasteiger partial charge on any atom is -0.391 e. The molecule has 4 N–H and O–H groups in total. The molecule has 1 amide bonds. The lowest BCUT2D eigenvalue weighted by Crippen LogP contribution is -2.44. The van der Waals surface area contributed by atoms with Crippen LogP contribution in [0.5, 0.6) is 0 Å². The van der Waals surface area contributed by atoms with Crippen molar-refractivity contribution in [3.05, 3.63) is 53.4 Å². The summed E-state index contributed by atoms with van der Waals surface area (Å²) in [4.78, 5) is 21.6. The monoisotopic (exact) mass is 426 g/mol. The van der Waals surface area contributed by atoms with E-state index in [-0.39, 0.29) is 41.2 Å². The number of halogens is 1. The zero-order valence-electron chi connectivity index (χ0n) is 17.9. The summed E-state index contributed by atoms with van der Waals surface area (Å²) in [5, 5.41) is 13.1. The van der Waals surface area contributed by atoms with E-state index in [1.165, 1.54) is 18.6 Å². The minimum atomic E-state index is -0.516. The smallest absolute Gasteiger partial charge is 0.274 e. The Morgan fingerprint density at radius 3 is 2.68 bits per heavy atom. The first-order chi connectivity index (χ1) is 14.9. The quantitative estimate of drug-likeness (QED) is 0.683. The van der Waals surface area contributed by atoms with Gasteiger partial charge < -0.3 is 16.2 Å². The number of amides is 1. The van der Waals surface area contributed by atoms with E-state index in [0.717, 1.165) is 37.7 Å². The molecule has 0 spiro atoms. The van der Waals surface area contributed by atoms with Crippen LogP contribution in [0.15, 0.2) is 30.6 Å². The number of anilines is 1. The lowest BCUT2D eigenvalue weighted by molar-refractivity contribution is 0.0521. The van der Waals surface area contributed by atoms with Gasteiger partial charge in [-0.05, 0) is 61.3 Å². The topological polar surface area (TPSA) is 101 Å². The number of carbonyl (C=O) groups is 1. The Morgan fingerprint density at radius 1 is 1.16 bits per heavy atom. The molecule has 2 fully saturated rings. The van der Waals surface area contributed by atoms with E-state index < -0.39 is 6.10 Å². The average Bonchev–Trinajstić information content (AvgIpc) is 2.78. The molecular weight excluding hydrogens is 395 g/mol. The van der Waals surface area contributed by atoms with Crippen LogP contribution in [0.4, 0.5) is 10.1 Å². The van der Waals surface area contributed by atoms with Crippen molar-refractivity contribution < 1.29 is 14.3 Å². The molecule has 2 aliphatic carbocycles. The van der Waals surface area contributed by atoms with Crippen LogP contribution in [0.1, 0.15) is 85.5 Å². The molecule has 4 atom stereocenters. The largest absolute Gasteiger partial charge is 0.391 e. The molecular formula is C24H31FN4O2. The molecule has 2 aromatic rings. The van der Waals surface area contributed by atoms with Crippen molar-refractivity contribution in [3.8, 4) is 0 Å². The van der Waals surface area contributed by atoms with E-state index >= 15 is 0 Å². The van der Waals surface area contributed by atoms with E-state index in [1.807, 2.05) is 13.0 Å². The van der Waals surface area contributed by atoms with E-state index in [9.17, 15) is 14.3 Å². The zero-order chi connectivity index (χ0) is 22.0. The maximum atomic E-state index is 14.4. The molecule has 31 heavy (non-hydrogen) atoms. The van der Waals surface area contributed by atoms with Gasteiger partial charge in [-0.25, -0.2) is 9.37 Å². The van der Waals surface area contributed by atoms with Gasteiger partial charge in [0, 0.05) is 18.2 Å². The molecule has 2 aromatic heterocycles. The fourth-order valence-electron chi connectivity index (χ4n) is 5.13. The molecule has 166 valence electrons. The van der Waals surface area contributed by atoms with Crippen LogP contribution in [0.3, 0.4) is 0 Å². The Balaban J connectivity index is 1.54. The molecule has 4 rings (SSSR count). The van der Waals surface area contributed by atoms with Crippen LogP contribution in [-0.4, -0.2) is 33.1 Å². The highest BCUT2D eigenvalue weighted by molar-refractivity contribution is 6.03. The Bertz CT molecular complexity index is 920. The van der Waals surface area contributed by atoms with Crippen molar-refractivity contribution in [1.29, 1.82) is 0 Å². The van der Waals surface area contributed by atoms with Crippen LogP contribution in [-0.2, 0) is 0 Å². The van der Waals surface area contributed by atoms with Crippen LogP contribution in [0.2, 0.25) is 0 Å². The van der Waals surface area contributed by atoms with E-state index in [0.29, 0.717) is 17.8 Å². The highest BCUT2D eigenvalue weighted by atomic mass is 19.1. The molecule has 0 saturated heterocycles. The Labute approximate surface area is 182 Å². The molecule has 0 aliphatic heterocycles. The fourth-order valence-corrected chi connectivity index (χ4v) is 5.13. The summed E-state index contributed by atoms with van der Waals surface area (Å²) in [6, 6.07) is 4.37. The van der Waals surface area contributed by atoms with Gasteiger partial charge in [-0.2, -0.15) is 0 Å². The van der Waals surface area contributed by atoms with Crippen LogP contribution < -0.4 is 11.1 Å². The molecule has 0 radical (unpaired) electrons. The third-order valence-corrected chi connectivity index (χ3v) is 6.88. The second-order valence-electron chi connectivity index (χ2n) is 9.12. The second kappa shape index (κ2) is 9.40. The van der Waals surface area contributed by atoms with Crippen LogP contribution >= 0.6 is 0 Å². The zero-order valence-corrected chi connectivity index (χ0v) is 17.9. The maximum Gasteiger partial charge on any atom is 0.274 e. The van der Waals surface area contributed by atoms with Gasteiger partial charge in [-0.1, -0.05) is 26.2 Å². The summed E-state index contributed by atoms with van der Waals surface area (Å²) in [6.45, 7) is 1.99. The fraction of sp³-hybridized carbons (Fsp3) is 0.542. The highest BCUT2D eigenvalue weighted by Crippen LogP contribution is 2.38. The summed E-state index contributed by atoms with van der Waals surface area (Å²) in [5.41, 5.74) is 8.31. The van der Waals surface area contributed by atoms with Crippen molar-refractivity contribution in [1.82, 2.24) is 9.97 Å². The van der Waals surface area contributed by atoms with E-state index in [1.54, 1.807) is 12.4 Å². The number of aliphatic hydroxyl groups excluding tert-OH is 1. The van der Waals surface area contributed by atoms with Crippen molar-refractivity contribution in [3.63, 3.8) is 0 Å². The van der Waals surface area contributed by atoms with Gasteiger partial charge >= 0.3 is 0 Å². The van der Waals surface area contributed by atoms with Crippen LogP contribution in [0, 0.1) is 11.7 Å². The third kappa shape index (κ3) is 4.77. The van der Waals surface area contributed by atoms with Crippen molar-refractivity contribution >= 4 is 11.6 Å². The van der Waals surface area contributed by atoms with Gasteiger partial charge in [0.15, 0.2) is 0 Å². The first-order valence-electron chi connectivity index (χ1n) is 11.3. The number of rotatable bonds is 4. The van der Waals surface area contributed by atoms with Crippen molar-refractivity contribution in [2.45, 2.75) is 75.9 Å². The van der Waals surface area contributed by atoms with Gasteiger partial charge in [0.1, 0.15) is 11.5 Å². The van der Waals surface area contributed by atoms with Gasteiger partial charge in [0.05, 0.1) is 23.7 Å². The third-order valence-electron chi connectivity index (χ3n) is 6.88. The summed E-state index contributed by atoms with van der Waals surface area (Å²) in [6.07, 6.45) is 9.35. The predicted octanol–water partition coefficient (Wildman–Crippen LogP) is 4.12. The number of nitrogens with two attached hydrogens (primary N) is 1. The first-order valence-corrected chi connectivity index (χ1v) is 11.3. The Kier molecular flexibility index (Phi) is 6.62. The normalized spacial score (nSPS) is 27.1. The summed E-state index contributed by atoms with van der Waals surface area (Å²) in [7, 11) is 0. The summed E-state index contributed by atoms with van der Waals surface area (Å²) >= 11 is 0. The molecule has 0 bridgehead atoms. The second-order valence-corrected chi connectivity index (χ2v) is 9.12. The lowest BCUT2D eigenvalue weighted by atomic mass is 9.74. The lowest BCUT2D eigenvalue weighted by Gasteiger charge is -2.36. The molecule has 6 nitrogen and oxygen atoms in total. The van der Waals surface area contributed by atoms with Crippen molar-refractivity contribution in [2.75, 3.05) is 5.32 Å². The number of hydrogen-bond donors (Lipinski definition) is 3. The molecule has 0 aromatic carbocycles. The highest BCUT2D eigenvalue weighted by Gasteiger charge is 2.34. The van der Waals surface area contributed by atoms with Crippen LogP contribution in [0.25, 0.3) is 0 Å². The number of nitrogens with one attached hydrogen (secondary N) is 1. The number of pyridine rings is 2. The standard InChI is InChI=1S/C24H31FN4O2/c1-14-11-16(12-19(26)23(14)30)17-9-10-27-13-21(17)29-24(31)20-8-7-18(25)22(28-20)15-5-3-2-4-6-15/h7-10,13-16,19,23,30H,2-6,11-12,26H2,1H3,(H,29,31). The number of carbonyl (C=O) groups excluding carboxylic acids is 1. The minimum absolute atomic E-state index is 0.0716. The van der Waals surface area contributed by atoms with Gasteiger partial charge in [0.2, 0.25) is 0 Å². The molecule has 2 saturated carbocycles. The SMILES string of the molecule is CC1CC(c2ccncc2NC(=O)c2ccc(F)c(C3CCCCC3)n2)CC(N)C1O. The molecule has 4 unspecified atom stereocenters. The summed E-state index contributed by atoms with van der Waals surface area (Å²) < 4.78 is 14.4. The summed E-state index contributed by atoms with van der Waals surface area (Å²) in [5.74, 6) is -0.450. The predicted molar refractivity (Wildman–Crippen MR) is 117 cm³/mol. The van der Waals surface area contributed by atoms with Gasteiger partial charge in [0.25, 0.3) is 5.91 Å². The number of aromatic nitrogens is 2. The first kappa shape index (κ1) is 21.8. The number of aliphatic hydroxyl groups is 1. The molecule has 7 heteroatoms.